The maximum absolute atomic E-state index is 13.5. The third kappa shape index (κ3) is 4.56. The van der Waals surface area contributed by atoms with E-state index in [-0.39, 0.29) is 16.7 Å². The second-order valence-electron chi connectivity index (χ2n) is 7.11. The van der Waals surface area contributed by atoms with Crippen molar-refractivity contribution in [1.29, 1.82) is 0 Å². The molecule has 5 nitrogen and oxygen atoms in total. The lowest BCUT2D eigenvalue weighted by atomic mass is 10.1. The Labute approximate surface area is 179 Å². The molecule has 1 unspecified atom stereocenters. The van der Waals surface area contributed by atoms with Crippen LogP contribution in [0.25, 0.3) is 10.2 Å². The number of hydrogen-bond donors (Lipinski definition) is 1. The van der Waals surface area contributed by atoms with Gasteiger partial charge in [-0.25, -0.2) is 4.98 Å². The fraction of sp³-hybridized carbons (Fsp3) is 0.409. The van der Waals surface area contributed by atoms with Crippen LogP contribution < -0.4 is 10.9 Å². The summed E-state index contributed by atoms with van der Waals surface area (Å²) >= 11 is 2.92. The topological polar surface area (TPSA) is 64.0 Å². The summed E-state index contributed by atoms with van der Waals surface area (Å²) in [6.07, 6.45) is 0.877. The summed E-state index contributed by atoms with van der Waals surface area (Å²) in [5, 5.41) is 3.80. The average Bonchev–Trinajstić information content (AvgIpc) is 3.02. The predicted molar refractivity (Wildman–Crippen MR) is 122 cm³/mol. The zero-order valence-corrected chi connectivity index (χ0v) is 19.2. The molecule has 29 heavy (non-hydrogen) atoms. The number of thioether (sulfide) groups is 1. The van der Waals surface area contributed by atoms with E-state index in [1.807, 2.05) is 52.0 Å². The molecule has 2 aromatic heterocycles. The van der Waals surface area contributed by atoms with Gasteiger partial charge in [-0.15, -0.1) is 11.3 Å². The van der Waals surface area contributed by atoms with Gasteiger partial charge in [0.2, 0.25) is 5.91 Å². The van der Waals surface area contributed by atoms with Gasteiger partial charge in [0, 0.05) is 11.4 Å². The highest BCUT2D eigenvalue weighted by Crippen LogP contribution is 2.31. The number of nitrogens with zero attached hydrogens (tertiary/aromatic N) is 2. The number of carbonyl (C=O) groups is 1. The Kier molecular flexibility index (Phi) is 6.80. The van der Waals surface area contributed by atoms with E-state index in [2.05, 4.69) is 12.2 Å². The molecule has 0 radical (unpaired) electrons. The molecule has 154 valence electrons. The first-order chi connectivity index (χ1) is 13.8. The molecule has 3 aromatic rings. The van der Waals surface area contributed by atoms with Crippen LogP contribution in [0, 0.1) is 13.8 Å². The van der Waals surface area contributed by atoms with E-state index in [1.165, 1.54) is 22.2 Å². The standard InChI is InChI=1S/C22H27N3O2S2/c1-6-17-14(4)18-20(29-17)24-22(28-15(5)19(26)23-7-2)25(21(18)27)12-16-10-8-13(3)9-11-16/h8-11,15H,6-7,12H2,1-5H3,(H,23,26). The van der Waals surface area contributed by atoms with Crippen molar-refractivity contribution in [2.75, 3.05) is 6.54 Å². The maximum Gasteiger partial charge on any atom is 0.263 e. The molecular formula is C22H27N3O2S2. The van der Waals surface area contributed by atoms with Crippen molar-refractivity contribution in [3.8, 4) is 0 Å². The summed E-state index contributed by atoms with van der Waals surface area (Å²) in [6.45, 7) is 10.9. The van der Waals surface area contributed by atoms with Crippen LogP contribution in [0.1, 0.15) is 42.3 Å². The average molecular weight is 430 g/mol. The van der Waals surface area contributed by atoms with Crippen molar-refractivity contribution in [1.82, 2.24) is 14.9 Å². The van der Waals surface area contributed by atoms with Gasteiger partial charge in [-0.3, -0.25) is 14.2 Å². The first-order valence-corrected chi connectivity index (χ1v) is 11.6. The van der Waals surface area contributed by atoms with Gasteiger partial charge in [0.15, 0.2) is 5.16 Å². The molecule has 0 saturated carbocycles. The molecule has 2 heterocycles. The van der Waals surface area contributed by atoms with E-state index in [0.717, 1.165) is 22.4 Å². The fourth-order valence-electron chi connectivity index (χ4n) is 3.22. The second kappa shape index (κ2) is 9.13. The van der Waals surface area contributed by atoms with Crippen molar-refractivity contribution < 1.29 is 4.79 Å². The molecule has 0 bridgehead atoms. The first kappa shape index (κ1) is 21.6. The number of hydrogen-bond acceptors (Lipinski definition) is 5. The number of aryl methyl sites for hydroxylation is 3. The number of thiophene rings is 1. The van der Waals surface area contributed by atoms with E-state index in [1.54, 1.807) is 15.9 Å². The molecule has 7 heteroatoms. The molecule has 1 amide bonds. The van der Waals surface area contributed by atoms with Gasteiger partial charge >= 0.3 is 0 Å². The van der Waals surface area contributed by atoms with Gasteiger partial charge in [-0.2, -0.15) is 0 Å². The zero-order valence-electron chi connectivity index (χ0n) is 17.5. The van der Waals surface area contributed by atoms with Crippen LogP contribution in [-0.4, -0.2) is 27.3 Å². The lowest BCUT2D eigenvalue weighted by Gasteiger charge is -2.15. The Bertz CT molecular complexity index is 1080. The minimum absolute atomic E-state index is 0.0328. The Morgan fingerprint density at radius 3 is 2.55 bits per heavy atom. The van der Waals surface area contributed by atoms with Gasteiger partial charge in [-0.05, 0) is 45.2 Å². The highest BCUT2D eigenvalue weighted by molar-refractivity contribution is 8.00. The van der Waals surface area contributed by atoms with Crippen LogP contribution in [0.5, 0.6) is 0 Å². The summed E-state index contributed by atoms with van der Waals surface area (Å²) in [5.74, 6) is -0.0506. The minimum atomic E-state index is -0.338. The highest BCUT2D eigenvalue weighted by Gasteiger charge is 2.21. The van der Waals surface area contributed by atoms with Crippen LogP contribution in [-0.2, 0) is 17.8 Å². The molecule has 0 saturated heterocycles. The Hall–Kier alpha value is -2.12. The van der Waals surface area contributed by atoms with Gasteiger partial charge in [-0.1, -0.05) is 48.5 Å². The Balaban J connectivity index is 2.12. The Morgan fingerprint density at radius 1 is 1.24 bits per heavy atom. The number of aromatic nitrogens is 2. The summed E-state index contributed by atoms with van der Waals surface area (Å²) < 4.78 is 1.71. The van der Waals surface area contributed by atoms with Crippen molar-refractivity contribution in [3.05, 3.63) is 56.2 Å². The van der Waals surface area contributed by atoms with E-state index < -0.39 is 0 Å². The van der Waals surface area contributed by atoms with Gasteiger partial charge < -0.3 is 5.32 Å². The van der Waals surface area contributed by atoms with Crippen LogP contribution in [0.2, 0.25) is 0 Å². The predicted octanol–water partition coefficient (Wildman–Crippen LogP) is 4.30. The van der Waals surface area contributed by atoms with Crippen molar-refractivity contribution in [2.45, 2.75) is 58.0 Å². The molecular weight excluding hydrogens is 402 g/mol. The monoisotopic (exact) mass is 429 g/mol. The zero-order chi connectivity index (χ0) is 21.1. The largest absolute Gasteiger partial charge is 0.355 e. The molecule has 1 aromatic carbocycles. The van der Waals surface area contributed by atoms with Crippen molar-refractivity contribution >= 4 is 39.2 Å². The third-order valence-corrected chi connectivity index (χ3v) is 7.32. The highest BCUT2D eigenvalue weighted by atomic mass is 32.2. The van der Waals surface area contributed by atoms with Gasteiger partial charge in [0.05, 0.1) is 17.2 Å². The number of carbonyl (C=O) groups excluding carboxylic acids is 1. The molecule has 0 aliphatic heterocycles. The quantitative estimate of drug-likeness (QED) is 0.449. The fourth-order valence-corrected chi connectivity index (χ4v) is 5.31. The first-order valence-electron chi connectivity index (χ1n) is 9.88. The number of benzene rings is 1. The second-order valence-corrected chi connectivity index (χ2v) is 9.50. The van der Waals surface area contributed by atoms with Gasteiger partial charge in [0.25, 0.3) is 5.56 Å². The smallest absolute Gasteiger partial charge is 0.263 e. The van der Waals surface area contributed by atoms with Crippen LogP contribution in [0.15, 0.2) is 34.2 Å². The Morgan fingerprint density at radius 2 is 1.93 bits per heavy atom. The lowest BCUT2D eigenvalue weighted by Crippen LogP contribution is -2.32. The van der Waals surface area contributed by atoms with Crippen LogP contribution in [0.3, 0.4) is 0 Å². The van der Waals surface area contributed by atoms with Crippen LogP contribution in [0.4, 0.5) is 0 Å². The number of rotatable bonds is 7. The van der Waals surface area contributed by atoms with Crippen molar-refractivity contribution in [3.63, 3.8) is 0 Å². The summed E-state index contributed by atoms with van der Waals surface area (Å²) in [4.78, 5) is 32.5. The molecule has 1 atom stereocenters. The van der Waals surface area contributed by atoms with Crippen LogP contribution >= 0.6 is 23.1 Å². The number of fused-ring (bicyclic) bond motifs is 1. The lowest BCUT2D eigenvalue weighted by molar-refractivity contribution is -0.120. The normalized spacial score (nSPS) is 12.3. The maximum atomic E-state index is 13.5. The van der Waals surface area contributed by atoms with Gasteiger partial charge in [0.1, 0.15) is 4.83 Å². The summed E-state index contributed by atoms with van der Waals surface area (Å²) in [7, 11) is 0. The molecule has 0 aliphatic rings. The summed E-state index contributed by atoms with van der Waals surface area (Å²) in [6, 6.07) is 8.15. The molecule has 0 spiro atoms. The third-order valence-electron chi connectivity index (χ3n) is 4.90. The summed E-state index contributed by atoms with van der Waals surface area (Å²) in [5.41, 5.74) is 3.20. The number of nitrogens with one attached hydrogen (secondary N) is 1. The minimum Gasteiger partial charge on any atom is -0.355 e. The SMILES string of the molecule is CCNC(=O)C(C)Sc1nc2sc(CC)c(C)c2c(=O)n1Cc1ccc(C)cc1. The molecule has 1 N–H and O–H groups in total. The van der Waals surface area contributed by atoms with E-state index >= 15 is 0 Å². The van der Waals surface area contributed by atoms with E-state index in [4.69, 9.17) is 4.98 Å². The molecule has 3 rings (SSSR count). The van der Waals surface area contributed by atoms with Crippen molar-refractivity contribution in [2.24, 2.45) is 0 Å². The number of amides is 1. The van der Waals surface area contributed by atoms with E-state index in [0.29, 0.717) is 23.6 Å². The molecule has 0 fully saturated rings. The molecule has 0 aliphatic carbocycles. The van der Waals surface area contributed by atoms with E-state index in [9.17, 15) is 9.59 Å².